The first-order valence-electron chi connectivity index (χ1n) is 8.51. The molecule has 0 aliphatic rings. The fourth-order valence-corrected chi connectivity index (χ4v) is 3.35. The predicted molar refractivity (Wildman–Crippen MR) is 104 cm³/mol. The minimum Gasteiger partial charge on any atom is -0.460 e. The van der Waals surface area contributed by atoms with Gasteiger partial charge in [0.25, 0.3) is 0 Å². The number of nitrogens with zero attached hydrogens (tertiary/aromatic N) is 1. The zero-order valence-electron chi connectivity index (χ0n) is 14.9. The predicted octanol–water partition coefficient (Wildman–Crippen LogP) is 2.48. The van der Waals surface area contributed by atoms with E-state index in [2.05, 4.69) is 15.0 Å². The molecular formula is C20H19N3O4S. The first kappa shape index (κ1) is 19.5. The van der Waals surface area contributed by atoms with Crippen LogP contribution in [0.5, 0.6) is 0 Å². The minimum atomic E-state index is -3.61. The lowest BCUT2D eigenvalue weighted by Crippen LogP contribution is -2.22. The standard InChI is InChI=1S/C20H19N3O4S/c24-20(22-14-16-5-4-12-21-13-16)11-10-17-8-9-18(27-17)15-23-28(25,26)19-6-2-1-3-7-19/h1-13,23H,14-15H2,(H,22,24)/b11-10+. The van der Waals surface area contributed by atoms with Gasteiger partial charge in [0.05, 0.1) is 11.4 Å². The van der Waals surface area contributed by atoms with Gasteiger partial charge in [0, 0.05) is 25.0 Å². The van der Waals surface area contributed by atoms with E-state index >= 15 is 0 Å². The molecule has 0 radical (unpaired) electrons. The Morgan fingerprint density at radius 1 is 1.04 bits per heavy atom. The molecule has 3 rings (SSSR count). The van der Waals surface area contributed by atoms with Crippen LogP contribution < -0.4 is 10.0 Å². The monoisotopic (exact) mass is 397 g/mol. The molecule has 0 aliphatic carbocycles. The largest absolute Gasteiger partial charge is 0.460 e. The topological polar surface area (TPSA) is 101 Å². The van der Waals surface area contributed by atoms with E-state index in [1.807, 2.05) is 6.07 Å². The van der Waals surface area contributed by atoms with Crippen molar-refractivity contribution in [3.8, 4) is 0 Å². The Balaban J connectivity index is 1.51. The molecule has 0 aliphatic heterocycles. The second-order valence-electron chi connectivity index (χ2n) is 5.85. The average molecular weight is 397 g/mol. The normalized spacial score (nSPS) is 11.6. The van der Waals surface area contributed by atoms with Gasteiger partial charge in [-0.1, -0.05) is 24.3 Å². The van der Waals surface area contributed by atoms with E-state index in [4.69, 9.17) is 4.42 Å². The van der Waals surface area contributed by atoms with Crippen LogP contribution >= 0.6 is 0 Å². The molecule has 1 aromatic carbocycles. The van der Waals surface area contributed by atoms with Crippen molar-refractivity contribution in [1.82, 2.24) is 15.0 Å². The summed E-state index contributed by atoms with van der Waals surface area (Å²) in [5.74, 6) is 0.618. The lowest BCUT2D eigenvalue weighted by molar-refractivity contribution is -0.116. The van der Waals surface area contributed by atoms with E-state index in [9.17, 15) is 13.2 Å². The zero-order chi connectivity index (χ0) is 19.8. The summed E-state index contributed by atoms with van der Waals surface area (Å²) in [5.41, 5.74) is 0.898. The summed E-state index contributed by atoms with van der Waals surface area (Å²) >= 11 is 0. The number of carbonyl (C=O) groups is 1. The van der Waals surface area contributed by atoms with Crippen molar-refractivity contribution in [3.63, 3.8) is 0 Å². The van der Waals surface area contributed by atoms with Gasteiger partial charge < -0.3 is 9.73 Å². The van der Waals surface area contributed by atoms with Gasteiger partial charge in [-0.25, -0.2) is 13.1 Å². The minimum absolute atomic E-state index is 0.0122. The molecule has 0 saturated heterocycles. The van der Waals surface area contributed by atoms with Crippen LogP contribution in [0.25, 0.3) is 6.08 Å². The SMILES string of the molecule is O=C(/C=C/c1ccc(CNS(=O)(=O)c2ccccc2)o1)NCc1cccnc1. The van der Waals surface area contributed by atoms with Gasteiger partial charge in [0.1, 0.15) is 11.5 Å². The number of furan rings is 1. The first-order chi connectivity index (χ1) is 13.5. The quantitative estimate of drug-likeness (QED) is 0.569. The number of sulfonamides is 1. The fraction of sp³-hybridized carbons (Fsp3) is 0.100. The van der Waals surface area contributed by atoms with E-state index in [0.717, 1.165) is 5.56 Å². The van der Waals surface area contributed by atoms with Crippen molar-refractivity contribution in [1.29, 1.82) is 0 Å². The molecule has 3 aromatic rings. The summed E-state index contributed by atoms with van der Waals surface area (Å²) in [5, 5.41) is 2.74. The van der Waals surface area contributed by atoms with E-state index in [1.165, 1.54) is 24.3 Å². The third kappa shape index (κ3) is 5.63. The number of carbonyl (C=O) groups excluding carboxylic acids is 1. The third-order valence-corrected chi connectivity index (χ3v) is 5.18. The number of aromatic nitrogens is 1. The van der Waals surface area contributed by atoms with Gasteiger partial charge in [-0.2, -0.15) is 0 Å². The smallest absolute Gasteiger partial charge is 0.244 e. The number of rotatable bonds is 8. The van der Waals surface area contributed by atoms with E-state index in [1.54, 1.807) is 48.8 Å². The molecule has 8 heteroatoms. The molecule has 1 amide bonds. The molecule has 2 heterocycles. The van der Waals surface area contributed by atoms with Crippen LogP contribution in [0.3, 0.4) is 0 Å². The summed E-state index contributed by atoms with van der Waals surface area (Å²) < 4.78 is 32.4. The molecule has 0 spiro atoms. The maximum absolute atomic E-state index is 12.2. The number of hydrogen-bond donors (Lipinski definition) is 2. The maximum atomic E-state index is 12.2. The zero-order valence-corrected chi connectivity index (χ0v) is 15.7. The van der Waals surface area contributed by atoms with Gasteiger partial charge in [0.15, 0.2) is 0 Å². The van der Waals surface area contributed by atoms with Crippen LogP contribution in [-0.2, 0) is 27.9 Å². The number of amides is 1. The van der Waals surface area contributed by atoms with Gasteiger partial charge >= 0.3 is 0 Å². The average Bonchev–Trinajstić information content (AvgIpc) is 3.19. The number of benzene rings is 1. The third-order valence-electron chi connectivity index (χ3n) is 3.76. The molecule has 7 nitrogen and oxygen atoms in total. The van der Waals surface area contributed by atoms with E-state index < -0.39 is 10.0 Å². The Morgan fingerprint density at radius 2 is 1.86 bits per heavy atom. The van der Waals surface area contributed by atoms with E-state index in [-0.39, 0.29) is 17.3 Å². The Hall–Kier alpha value is -3.23. The van der Waals surface area contributed by atoms with Crippen LogP contribution in [0, 0.1) is 0 Å². The Labute approximate surface area is 163 Å². The Bertz CT molecular complexity index is 1050. The van der Waals surface area contributed by atoms with Crippen LogP contribution in [0.1, 0.15) is 17.1 Å². The second kappa shape index (κ2) is 9.12. The molecule has 0 bridgehead atoms. The van der Waals surface area contributed by atoms with Crippen LogP contribution in [0.4, 0.5) is 0 Å². The molecule has 2 N–H and O–H groups in total. The maximum Gasteiger partial charge on any atom is 0.244 e. The van der Waals surface area contributed by atoms with Crippen molar-refractivity contribution < 1.29 is 17.6 Å². The fourth-order valence-electron chi connectivity index (χ4n) is 2.34. The summed E-state index contributed by atoms with van der Waals surface area (Å²) in [6, 6.07) is 15.1. The van der Waals surface area contributed by atoms with Gasteiger partial charge in [-0.15, -0.1) is 0 Å². The second-order valence-corrected chi connectivity index (χ2v) is 7.62. The van der Waals surface area contributed by atoms with Gasteiger partial charge in [-0.05, 0) is 42.0 Å². The molecule has 0 saturated carbocycles. The summed E-state index contributed by atoms with van der Waals surface area (Å²) in [7, 11) is -3.61. The number of pyridine rings is 1. The number of hydrogen-bond acceptors (Lipinski definition) is 5. The van der Waals surface area contributed by atoms with Gasteiger partial charge in [0.2, 0.25) is 15.9 Å². The molecule has 2 aromatic heterocycles. The van der Waals surface area contributed by atoms with Crippen molar-refractivity contribution >= 4 is 22.0 Å². The number of nitrogens with one attached hydrogen (secondary N) is 2. The summed E-state index contributed by atoms with van der Waals surface area (Å²) in [6.07, 6.45) is 6.22. The van der Waals surface area contributed by atoms with Crippen LogP contribution in [-0.4, -0.2) is 19.3 Å². The van der Waals surface area contributed by atoms with Crippen LogP contribution in [0.2, 0.25) is 0 Å². The van der Waals surface area contributed by atoms with Crippen molar-refractivity contribution in [3.05, 3.63) is 90.2 Å². The Kier molecular flexibility index (Phi) is 6.36. The first-order valence-corrected chi connectivity index (χ1v) is 9.99. The molecule has 144 valence electrons. The highest BCUT2D eigenvalue weighted by Gasteiger charge is 2.13. The van der Waals surface area contributed by atoms with E-state index in [0.29, 0.717) is 18.1 Å². The van der Waals surface area contributed by atoms with Crippen molar-refractivity contribution in [2.75, 3.05) is 0 Å². The van der Waals surface area contributed by atoms with Crippen molar-refractivity contribution in [2.45, 2.75) is 18.0 Å². The van der Waals surface area contributed by atoms with Gasteiger partial charge in [-0.3, -0.25) is 9.78 Å². The summed E-state index contributed by atoms with van der Waals surface area (Å²) in [6.45, 7) is 0.389. The molecule has 28 heavy (non-hydrogen) atoms. The highest BCUT2D eigenvalue weighted by molar-refractivity contribution is 7.89. The molecular weight excluding hydrogens is 378 g/mol. The van der Waals surface area contributed by atoms with Crippen molar-refractivity contribution in [2.24, 2.45) is 0 Å². The highest BCUT2D eigenvalue weighted by Crippen LogP contribution is 2.12. The molecule has 0 unspecified atom stereocenters. The summed E-state index contributed by atoms with van der Waals surface area (Å²) in [4.78, 5) is 16.0. The molecule has 0 fully saturated rings. The Morgan fingerprint density at radius 3 is 2.61 bits per heavy atom. The van der Waals surface area contributed by atoms with Crippen LogP contribution in [0.15, 0.2) is 82.4 Å². The molecule has 0 atom stereocenters. The lowest BCUT2D eigenvalue weighted by atomic mass is 10.3. The lowest BCUT2D eigenvalue weighted by Gasteiger charge is -2.04. The highest BCUT2D eigenvalue weighted by atomic mass is 32.2.